The zero-order chi connectivity index (χ0) is 20.6. The van der Waals surface area contributed by atoms with Gasteiger partial charge in [-0.25, -0.2) is 18.5 Å². The Morgan fingerprint density at radius 3 is 2.55 bits per heavy atom. The molecule has 1 unspecified atom stereocenters. The van der Waals surface area contributed by atoms with E-state index in [2.05, 4.69) is 34.4 Å². The van der Waals surface area contributed by atoms with E-state index >= 15 is 0 Å². The molecule has 0 aromatic heterocycles. The topological polar surface area (TPSA) is 109 Å². The van der Waals surface area contributed by atoms with Crippen LogP contribution in [0.25, 0.3) is 0 Å². The fraction of sp³-hybridized carbons (Fsp3) is 0.632. The van der Waals surface area contributed by atoms with E-state index in [-0.39, 0.29) is 28.9 Å². The Labute approximate surface area is 191 Å². The summed E-state index contributed by atoms with van der Waals surface area (Å²) in [5.74, 6) is 1.21. The predicted molar refractivity (Wildman–Crippen MR) is 127 cm³/mol. The molecule has 4 N–H and O–H groups in total. The molecule has 8 nitrogen and oxygen atoms in total. The third kappa shape index (κ3) is 8.75. The van der Waals surface area contributed by atoms with Gasteiger partial charge in [0.2, 0.25) is 10.0 Å². The van der Waals surface area contributed by atoms with E-state index in [4.69, 9.17) is 9.88 Å². The third-order valence-corrected chi connectivity index (χ3v) is 5.66. The lowest BCUT2D eigenvalue weighted by Crippen LogP contribution is -2.52. The lowest BCUT2D eigenvalue weighted by atomic mass is 10.0. The van der Waals surface area contributed by atoms with Crippen molar-refractivity contribution in [3.8, 4) is 0 Å². The minimum atomic E-state index is -3.71. The molecule has 0 saturated carbocycles. The van der Waals surface area contributed by atoms with Crippen LogP contribution in [0.5, 0.6) is 0 Å². The lowest BCUT2D eigenvalue weighted by molar-refractivity contribution is 0.00752. The van der Waals surface area contributed by atoms with E-state index in [9.17, 15) is 8.42 Å². The summed E-state index contributed by atoms with van der Waals surface area (Å²) in [5.41, 5.74) is 0.789. The van der Waals surface area contributed by atoms with Crippen molar-refractivity contribution in [3.05, 3.63) is 29.8 Å². The van der Waals surface area contributed by atoms with Gasteiger partial charge in [-0.15, -0.1) is 24.0 Å². The first-order chi connectivity index (χ1) is 13.3. The number of nitrogens with one attached hydrogen (secondary N) is 2. The molecule has 29 heavy (non-hydrogen) atoms. The molecule has 1 aliphatic heterocycles. The number of primary sulfonamides is 1. The van der Waals surface area contributed by atoms with Gasteiger partial charge in [-0.3, -0.25) is 4.90 Å². The monoisotopic (exact) mass is 539 g/mol. The van der Waals surface area contributed by atoms with Crippen LogP contribution in [0.4, 0.5) is 0 Å². The van der Waals surface area contributed by atoms with Gasteiger partial charge in [0, 0.05) is 32.2 Å². The number of sulfonamides is 1. The van der Waals surface area contributed by atoms with Crippen molar-refractivity contribution < 1.29 is 13.2 Å². The first kappa shape index (κ1) is 26.1. The van der Waals surface area contributed by atoms with Gasteiger partial charge < -0.3 is 15.4 Å². The van der Waals surface area contributed by atoms with Crippen LogP contribution in [-0.2, 0) is 21.3 Å². The second kappa shape index (κ2) is 12.7. The summed E-state index contributed by atoms with van der Waals surface area (Å²) in [4.78, 5) is 7.16. The van der Waals surface area contributed by atoms with Crippen LogP contribution in [0.15, 0.2) is 34.2 Å². The van der Waals surface area contributed by atoms with Crippen molar-refractivity contribution in [3.63, 3.8) is 0 Å². The molecule has 166 valence electrons. The van der Waals surface area contributed by atoms with E-state index in [1.165, 1.54) is 6.07 Å². The highest BCUT2D eigenvalue weighted by Gasteiger charge is 2.23. The van der Waals surface area contributed by atoms with Gasteiger partial charge in [0.05, 0.1) is 24.7 Å². The van der Waals surface area contributed by atoms with Crippen LogP contribution in [0, 0.1) is 5.92 Å². The van der Waals surface area contributed by atoms with Crippen molar-refractivity contribution in [1.82, 2.24) is 15.5 Å². The van der Waals surface area contributed by atoms with Crippen LogP contribution >= 0.6 is 24.0 Å². The predicted octanol–water partition coefficient (Wildman–Crippen LogP) is 1.36. The molecule has 0 bridgehead atoms. The Morgan fingerprint density at radius 1 is 1.28 bits per heavy atom. The molecule has 1 atom stereocenters. The molecule has 0 spiro atoms. The van der Waals surface area contributed by atoms with Gasteiger partial charge in [0.15, 0.2) is 5.96 Å². The Bertz CT molecular complexity index is 752. The number of ether oxygens (including phenoxy) is 1. The number of hydrogen-bond donors (Lipinski definition) is 3. The largest absolute Gasteiger partial charge is 0.379 e. The summed E-state index contributed by atoms with van der Waals surface area (Å²) in [6, 6.07) is 6.96. The van der Waals surface area contributed by atoms with Crippen LogP contribution in [0.2, 0.25) is 0 Å². The Morgan fingerprint density at radius 2 is 1.97 bits per heavy atom. The molecule has 2 rings (SSSR count). The normalized spacial score (nSPS) is 16.9. The highest BCUT2D eigenvalue weighted by Crippen LogP contribution is 2.13. The maximum Gasteiger partial charge on any atom is 0.238 e. The van der Waals surface area contributed by atoms with Gasteiger partial charge >= 0.3 is 0 Å². The Balaban J connectivity index is 0.00000420. The minimum absolute atomic E-state index is 0. The highest BCUT2D eigenvalue weighted by molar-refractivity contribution is 14.0. The van der Waals surface area contributed by atoms with Crippen molar-refractivity contribution in [1.29, 1.82) is 0 Å². The summed E-state index contributed by atoms with van der Waals surface area (Å²) >= 11 is 0. The first-order valence-electron chi connectivity index (χ1n) is 9.77. The summed E-state index contributed by atoms with van der Waals surface area (Å²) in [7, 11) is -3.71. The fourth-order valence-electron chi connectivity index (χ4n) is 3.23. The first-order valence-corrected chi connectivity index (χ1v) is 11.3. The lowest BCUT2D eigenvalue weighted by Gasteiger charge is -2.37. The Kier molecular flexibility index (Phi) is 11.4. The average Bonchev–Trinajstić information content (AvgIpc) is 2.66. The molecule has 0 aliphatic carbocycles. The summed E-state index contributed by atoms with van der Waals surface area (Å²) in [6.07, 6.45) is 0. The van der Waals surface area contributed by atoms with E-state index in [0.717, 1.165) is 45.0 Å². The smallest absolute Gasteiger partial charge is 0.238 e. The number of nitrogens with zero attached hydrogens (tertiary/aromatic N) is 2. The van der Waals surface area contributed by atoms with Crippen molar-refractivity contribution in [2.75, 3.05) is 39.4 Å². The summed E-state index contributed by atoms with van der Waals surface area (Å²) in [6.45, 7) is 11.8. The van der Waals surface area contributed by atoms with Gasteiger partial charge in [-0.1, -0.05) is 26.0 Å². The van der Waals surface area contributed by atoms with E-state index in [1.807, 2.05) is 13.0 Å². The summed E-state index contributed by atoms with van der Waals surface area (Å²) in [5, 5.41) is 11.9. The zero-order valence-electron chi connectivity index (χ0n) is 17.4. The highest BCUT2D eigenvalue weighted by atomic mass is 127. The summed E-state index contributed by atoms with van der Waals surface area (Å²) < 4.78 is 28.5. The van der Waals surface area contributed by atoms with Crippen molar-refractivity contribution >= 4 is 40.0 Å². The number of aliphatic imine (C=N–C) groups is 1. The number of nitrogens with two attached hydrogens (primary N) is 1. The average molecular weight is 539 g/mol. The maximum absolute atomic E-state index is 11.5. The third-order valence-electron chi connectivity index (χ3n) is 4.75. The SMILES string of the molecule is CCNC(=NCc1cccc(S(N)(=O)=O)c1)NCC(C(C)C)N1CCOCC1.I. The van der Waals surface area contributed by atoms with E-state index in [1.54, 1.807) is 12.1 Å². The second-order valence-corrected chi connectivity index (χ2v) is 8.79. The number of benzene rings is 1. The van der Waals surface area contributed by atoms with E-state index in [0.29, 0.717) is 24.5 Å². The molecule has 0 radical (unpaired) electrons. The molecular weight excluding hydrogens is 505 g/mol. The van der Waals surface area contributed by atoms with Crippen molar-refractivity contribution in [2.24, 2.45) is 16.0 Å². The molecule has 1 heterocycles. The van der Waals surface area contributed by atoms with Crippen LogP contribution in [0.1, 0.15) is 26.3 Å². The number of rotatable bonds is 8. The number of hydrogen-bond acceptors (Lipinski definition) is 5. The molecule has 1 aliphatic rings. The molecule has 0 amide bonds. The molecule has 1 fully saturated rings. The van der Waals surface area contributed by atoms with Gasteiger partial charge in [-0.2, -0.15) is 0 Å². The molecule has 1 saturated heterocycles. The fourth-order valence-corrected chi connectivity index (χ4v) is 3.81. The van der Waals surface area contributed by atoms with Gasteiger partial charge in [0.1, 0.15) is 0 Å². The van der Waals surface area contributed by atoms with Gasteiger partial charge in [-0.05, 0) is 30.5 Å². The van der Waals surface area contributed by atoms with Gasteiger partial charge in [0.25, 0.3) is 0 Å². The second-order valence-electron chi connectivity index (χ2n) is 7.23. The van der Waals surface area contributed by atoms with E-state index < -0.39 is 10.0 Å². The number of guanidine groups is 1. The molecule has 10 heteroatoms. The van der Waals surface area contributed by atoms with Crippen LogP contribution in [-0.4, -0.2) is 64.7 Å². The number of halogens is 1. The minimum Gasteiger partial charge on any atom is -0.379 e. The van der Waals surface area contributed by atoms with Crippen LogP contribution < -0.4 is 15.8 Å². The maximum atomic E-state index is 11.5. The molecular formula is C19H34IN5O3S. The zero-order valence-corrected chi connectivity index (χ0v) is 20.6. The molecule has 1 aromatic carbocycles. The van der Waals surface area contributed by atoms with Crippen LogP contribution in [0.3, 0.4) is 0 Å². The quantitative estimate of drug-likeness (QED) is 0.262. The van der Waals surface area contributed by atoms with Crippen molar-refractivity contribution in [2.45, 2.75) is 38.3 Å². The Hall–Kier alpha value is -0.950. The number of morpholine rings is 1. The molecule has 1 aromatic rings. The standard InChI is InChI=1S/C19H33N5O3S.HI/c1-4-21-19(22-13-16-6-5-7-17(12-16)28(20,25)26)23-14-18(15(2)3)24-8-10-27-11-9-24;/h5-7,12,15,18H,4,8-11,13-14H2,1-3H3,(H2,20,25,26)(H2,21,22,23);1H.